The normalized spacial score (nSPS) is 27.0. The molecule has 3 atom stereocenters. The van der Waals surface area contributed by atoms with Gasteiger partial charge in [0.1, 0.15) is 17.7 Å². The van der Waals surface area contributed by atoms with Crippen molar-refractivity contribution in [3.8, 4) is 0 Å². The molecule has 2 aliphatic rings. The van der Waals surface area contributed by atoms with E-state index < -0.39 is 23.7 Å². The summed E-state index contributed by atoms with van der Waals surface area (Å²) in [5.41, 5.74) is 0.406. The van der Waals surface area contributed by atoms with E-state index in [1.165, 1.54) is 12.1 Å². The molecule has 0 spiro atoms. The summed E-state index contributed by atoms with van der Waals surface area (Å²) in [4.78, 5) is 25.1. The van der Waals surface area contributed by atoms with Crippen LogP contribution in [0.25, 0.3) is 0 Å². The van der Waals surface area contributed by atoms with Crippen LogP contribution in [0.15, 0.2) is 18.2 Å². The van der Waals surface area contributed by atoms with E-state index in [4.69, 9.17) is 0 Å². The molecule has 118 valence electrons. The van der Waals surface area contributed by atoms with Crippen LogP contribution in [-0.4, -0.2) is 42.5 Å². The first-order chi connectivity index (χ1) is 10.5. The van der Waals surface area contributed by atoms with Crippen LogP contribution >= 0.6 is 0 Å². The molecule has 1 aromatic rings. The van der Waals surface area contributed by atoms with E-state index in [9.17, 15) is 18.4 Å². The summed E-state index contributed by atoms with van der Waals surface area (Å²) in [6, 6.07) is 2.35. The van der Waals surface area contributed by atoms with Crippen molar-refractivity contribution in [2.24, 2.45) is 0 Å². The summed E-state index contributed by atoms with van der Waals surface area (Å²) in [5.74, 6) is -1.46. The highest BCUT2D eigenvalue weighted by Gasteiger charge is 2.41. The van der Waals surface area contributed by atoms with Crippen molar-refractivity contribution in [3.63, 3.8) is 0 Å². The van der Waals surface area contributed by atoms with Gasteiger partial charge in [0.15, 0.2) is 0 Å². The molecule has 1 aliphatic carbocycles. The van der Waals surface area contributed by atoms with E-state index in [0.29, 0.717) is 24.9 Å². The molecule has 1 aliphatic heterocycles. The summed E-state index contributed by atoms with van der Waals surface area (Å²) in [5, 5.41) is 5.36. The fourth-order valence-electron chi connectivity index (χ4n) is 2.83. The van der Waals surface area contributed by atoms with Gasteiger partial charge in [-0.2, -0.15) is 0 Å². The Balaban J connectivity index is 1.53. The largest absolute Gasteiger partial charge is 0.344 e. The molecule has 0 bridgehead atoms. The molecule has 2 fully saturated rings. The van der Waals surface area contributed by atoms with Gasteiger partial charge in [-0.15, -0.1) is 0 Å². The Morgan fingerprint density at radius 1 is 1.32 bits per heavy atom. The molecule has 1 aromatic carbocycles. The van der Waals surface area contributed by atoms with E-state index in [-0.39, 0.29) is 17.9 Å². The monoisotopic (exact) mass is 309 g/mol. The Bertz CT molecular complexity index is 623. The summed E-state index contributed by atoms with van der Waals surface area (Å²) in [6.45, 7) is 0.622. The third-order valence-corrected chi connectivity index (χ3v) is 4.20. The zero-order chi connectivity index (χ0) is 15.9. The average Bonchev–Trinajstić information content (AvgIpc) is 3.13. The lowest BCUT2D eigenvalue weighted by Gasteiger charge is -2.13. The van der Waals surface area contributed by atoms with E-state index >= 15 is 0 Å². The van der Waals surface area contributed by atoms with Crippen molar-refractivity contribution < 1.29 is 18.4 Å². The van der Waals surface area contributed by atoms with Gasteiger partial charge in [-0.3, -0.25) is 4.79 Å². The zero-order valence-electron chi connectivity index (χ0n) is 12.1. The number of nitrogens with one attached hydrogen (secondary N) is 2. The van der Waals surface area contributed by atoms with E-state index in [1.54, 1.807) is 11.9 Å². The second kappa shape index (κ2) is 5.55. The summed E-state index contributed by atoms with van der Waals surface area (Å²) in [6.07, 6.45) is 1.19. The Kier molecular flexibility index (Phi) is 3.72. The van der Waals surface area contributed by atoms with Crippen LogP contribution in [-0.2, 0) is 4.79 Å². The van der Waals surface area contributed by atoms with E-state index in [2.05, 4.69) is 10.6 Å². The molecular formula is C15H17F2N3O2. The lowest BCUT2D eigenvalue weighted by molar-refractivity contribution is -0.128. The molecule has 0 unspecified atom stereocenters. The lowest BCUT2D eigenvalue weighted by Crippen LogP contribution is -2.46. The minimum Gasteiger partial charge on any atom is -0.344 e. The van der Waals surface area contributed by atoms with Crippen LogP contribution in [0, 0.1) is 11.6 Å². The fourth-order valence-corrected chi connectivity index (χ4v) is 2.83. The van der Waals surface area contributed by atoms with Gasteiger partial charge in [0.05, 0.1) is 0 Å². The van der Waals surface area contributed by atoms with Crippen LogP contribution in [0.5, 0.6) is 0 Å². The van der Waals surface area contributed by atoms with Gasteiger partial charge in [0.25, 0.3) is 0 Å². The molecule has 2 N–H and O–H groups in total. The SMILES string of the molecule is CN1CC[C@H](NC(=O)N[C@H]2C[C@H]2c2ccc(F)cc2F)C1=O. The molecule has 1 saturated heterocycles. The van der Waals surface area contributed by atoms with Gasteiger partial charge in [-0.25, -0.2) is 13.6 Å². The predicted octanol–water partition coefficient (Wildman–Crippen LogP) is 1.35. The van der Waals surface area contributed by atoms with Crippen LogP contribution in [0.1, 0.15) is 24.3 Å². The van der Waals surface area contributed by atoms with Crippen molar-refractivity contribution >= 4 is 11.9 Å². The number of benzene rings is 1. The Labute approximate surface area is 126 Å². The minimum absolute atomic E-state index is 0.105. The summed E-state index contributed by atoms with van der Waals surface area (Å²) >= 11 is 0. The highest BCUT2D eigenvalue weighted by molar-refractivity contribution is 5.88. The number of rotatable bonds is 3. The van der Waals surface area contributed by atoms with Crippen LogP contribution in [0.2, 0.25) is 0 Å². The molecule has 5 nitrogen and oxygen atoms in total. The number of carbonyl (C=O) groups excluding carboxylic acids is 2. The molecule has 1 saturated carbocycles. The van der Waals surface area contributed by atoms with E-state index in [1.807, 2.05) is 0 Å². The predicted molar refractivity (Wildman–Crippen MR) is 75.2 cm³/mol. The van der Waals surface area contributed by atoms with Gasteiger partial charge in [0.2, 0.25) is 5.91 Å². The minimum atomic E-state index is -0.618. The fraction of sp³-hybridized carbons (Fsp3) is 0.467. The van der Waals surface area contributed by atoms with Crippen molar-refractivity contribution in [2.45, 2.75) is 30.8 Å². The number of likely N-dealkylation sites (tertiary alicyclic amines) is 1. The summed E-state index contributed by atoms with van der Waals surface area (Å²) in [7, 11) is 1.69. The van der Waals surface area contributed by atoms with Crippen LogP contribution < -0.4 is 10.6 Å². The first-order valence-electron chi connectivity index (χ1n) is 7.22. The molecule has 0 radical (unpaired) electrons. The van der Waals surface area contributed by atoms with E-state index in [0.717, 1.165) is 6.07 Å². The number of hydrogen-bond donors (Lipinski definition) is 2. The topological polar surface area (TPSA) is 61.4 Å². The van der Waals surface area contributed by atoms with Crippen molar-refractivity contribution in [3.05, 3.63) is 35.4 Å². The quantitative estimate of drug-likeness (QED) is 0.885. The van der Waals surface area contributed by atoms with Gasteiger partial charge < -0.3 is 15.5 Å². The maximum Gasteiger partial charge on any atom is 0.315 e. The molecule has 3 rings (SSSR count). The Morgan fingerprint density at radius 3 is 2.73 bits per heavy atom. The van der Waals surface area contributed by atoms with Gasteiger partial charge in [0, 0.05) is 31.6 Å². The molecule has 7 heteroatoms. The average molecular weight is 309 g/mol. The number of amides is 3. The van der Waals surface area contributed by atoms with Crippen LogP contribution in [0.3, 0.4) is 0 Å². The number of halogens is 2. The highest BCUT2D eigenvalue weighted by atomic mass is 19.1. The number of carbonyl (C=O) groups is 2. The molecule has 3 amide bonds. The zero-order valence-corrected chi connectivity index (χ0v) is 12.1. The van der Waals surface area contributed by atoms with Gasteiger partial charge in [-0.05, 0) is 24.5 Å². The number of hydrogen-bond acceptors (Lipinski definition) is 2. The van der Waals surface area contributed by atoms with Crippen molar-refractivity contribution in [2.75, 3.05) is 13.6 Å². The number of nitrogens with zero attached hydrogens (tertiary/aromatic N) is 1. The molecule has 22 heavy (non-hydrogen) atoms. The highest BCUT2D eigenvalue weighted by Crippen LogP contribution is 2.41. The maximum atomic E-state index is 13.7. The number of likely N-dealkylation sites (N-methyl/N-ethyl adjacent to an activating group) is 1. The maximum absolute atomic E-state index is 13.7. The first kappa shape index (κ1) is 14.7. The van der Waals surface area contributed by atoms with Gasteiger partial charge >= 0.3 is 6.03 Å². The van der Waals surface area contributed by atoms with Crippen molar-refractivity contribution in [1.29, 1.82) is 0 Å². The Morgan fingerprint density at radius 2 is 2.09 bits per heavy atom. The van der Waals surface area contributed by atoms with Gasteiger partial charge in [-0.1, -0.05) is 6.07 Å². The second-order valence-corrected chi connectivity index (χ2v) is 5.83. The smallest absolute Gasteiger partial charge is 0.315 e. The molecular weight excluding hydrogens is 292 g/mol. The molecule has 0 aromatic heterocycles. The second-order valence-electron chi connectivity index (χ2n) is 5.83. The van der Waals surface area contributed by atoms with Crippen LogP contribution in [0.4, 0.5) is 13.6 Å². The first-order valence-corrected chi connectivity index (χ1v) is 7.22. The Hall–Kier alpha value is -2.18. The third kappa shape index (κ3) is 2.88. The summed E-state index contributed by atoms with van der Waals surface area (Å²) < 4.78 is 26.5. The van der Waals surface area contributed by atoms with Crippen molar-refractivity contribution in [1.82, 2.24) is 15.5 Å². The standard InChI is InChI=1S/C15H17F2N3O2/c1-20-5-4-12(14(20)21)18-15(22)19-13-7-10(13)9-3-2-8(16)6-11(9)17/h2-3,6,10,12-13H,4-5,7H2,1H3,(H2,18,19,22)/t10-,12-,13-/m0/s1. The lowest BCUT2D eigenvalue weighted by atomic mass is 10.1. The third-order valence-electron chi connectivity index (χ3n) is 4.20. The molecule has 1 heterocycles. The number of urea groups is 1.